The van der Waals surface area contributed by atoms with Gasteiger partial charge in [0.15, 0.2) is 5.65 Å². The highest BCUT2D eigenvalue weighted by molar-refractivity contribution is 5.97. The van der Waals surface area contributed by atoms with Gasteiger partial charge in [0.05, 0.1) is 0 Å². The van der Waals surface area contributed by atoms with Gasteiger partial charge in [-0.3, -0.25) is 14.0 Å². The molecule has 2 aliphatic heterocycles. The van der Waals surface area contributed by atoms with Gasteiger partial charge in [-0.05, 0) is 62.1 Å². The van der Waals surface area contributed by atoms with Gasteiger partial charge < -0.3 is 9.80 Å². The molecular formula is C23H25N5O2. The fraction of sp³-hybridized carbons (Fsp3) is 0.391. The molecule has 5 rings (SSSR count). The first-order chi connectivity index (χ1) is 14.7. The molecule has 0 N–H and O–H groups in total. The first kappa shape index (κ1) is 18.8. The fourth-order valence-corrected chi connectivity index (χ4v) is 4.52. The van der Waals surface area contributed by atoms with Crippen molar-refractivity contribution in [3.8, 4) is 0 Å². The molecule has 2 amide bonds. The highest BCUT2D eigenvalue weighted by atomic mass is 16.2. The van der Waals surface area contributed by atoms with Crippen molar-refractivity contribution in [1.82, 2.24) is 19.5 Å². The average molecular weight is 403 g/mol. The Labute approximate surface area is 175 Å². The predicted octanol–water partition coefficient (Wildman–Crippen LogP) is 3.27. The van der Waals surface area contributed by atoms with Crippen LogP contribution in [0, 0.1) is 0 Å². The number of likely N-dealkylation sites (tertiary alicyclic amines) is 1. The second-order valence-electron chi connectivity index (χ2n) is 8.10. The molecule has 3 aromatic rings. The summed E-state index contributed by atoms with van der Waals surface area (Å²) in [5, 5.41) is 8.64. The highest BCUT2D eigenvalue weighted by Crippen LogP contribution is 2.28. The number of carbonyl (C=O) groups excluding carboxylic acids is 2. The van der Waals surface area contributed by atoms with Crippen molar-refractivity contribution < 1.29 is 9.59 Å². The van der Waals surface area contributed by atoms with Gasteiger partial charge in [0.2, 0.25) is 5.91 Å². The van der Waals surface area contributed by atoms with Crippen LogP contribution >= 0.6 is 0 Å². The number of anilines is 1. The van der Waals surface area contributed by atoms with E-state index in [1.807, 2.05) is 62.9 Å². The van der Waals surface area contributed by atoms with Crippen molar-refractivity contribution in [2.24, 2.45) is 0 Å². The Hall–Kier alpha value is -3.22. The van der Waals surface area contributed by atoms with Gasteiger partial charge in [0.1, 0.15) is 5.82 Å². The van der Waals surface area contributed by atoms with Crippen molar-refractivity contribution in [2.75, 3.05) is 24.5 Å². The molecule has 0 radical (unpaired) electrons. The Morgan fingerprint density at radius 3 is 2.50 bits per heavy atom. The minimum absolute atomic E-state index is 0.0519. The maximum atomic E-state index is 13.0. The fourth-order valence-electron chi connectivity index (χ4n) is 4.52. The predicted molar refractivity (Wildman–Crippen MR) is 114 cm³/mol. The molecule has 2 aromatic heterocycles. The highest BCUT2D eigenvalue weighted by Gasteiger charge is 2.27. The molecule has 1 aromatic carbocycles. The molecule has 0 saturated carbocycles. The molecule has 2 fully saturated rings. The average Bonchev–Trinajstić information content (AvgIpc) is 3.23. The summed E-state index contributed by atoms with van der Waals surface area (Å²) >= 11 is 0. The minimum atomic E-state index is 0.0519. The molecule has 7 nitrogen and oxygen atoms in total. The smallest absolute Gasteiger partial charge is 0.253 e. The van der Waals surface area contributed by atoms with Crippen LogP contribution in [0.2, 0.25) is 0 Å². The third-order valence-corrected chi connectivity index (χ3v) is 6.24. The van der Waals surface area contributed by atoms with E-state index in [2.05, 4.69) is 10.2 Å². The molecule has 7 heteroatoms. The standard InChI is InChI=1S/C23H25N5O2/c29-21-6-2-4-13-27(21)19-9-7-18(8-10-19)23(30)26-15-11-17(12-16-26)22-25-24-20-5-1-3-14-28(20)22/h1,3,5,7-10,14,17H,2,4,6,11-13,15-16H2. The lowest BCUT2D eigenvalue weighted by atomic mass is 9.95. The number of rotatable bonds is 3. The number of hydrogen-bond acceptors (Lipinski definition) is 4. The number of pyridine rings is 1. The first-order valence-corrected chi connectivity index (χ1v) is 10.7. The van der Waals surface area contributed by atoms with E-state index in [0.29, 0.717) is 31.0 Å². The Morgan fingerprint density at radius 2 is 1.73 bits per heavy atom. The van der Waals surface area contributed by atoms with Gasteiger partial charge in [0, 0.05) is 49.4 Å². The van der Waals surface area contributed by atoms with Crippen LogP contribution in [0.5, 0.6) is 0 Å². The lowest BCUT2D eigenvalue weighted by Crippen LogP contribution is -2.38. The molecule has 0 aliphatic carbocycles. The molecule has 30 heavy (non-hydrogen) atoms. The van der Waals surface area contributed by atoms with E-state index >= 15 is 0 Å². The lowest BCUT2D eigenvalue weighted by Gasteiger charge is -2.31. The maximum absolute atomic E-state index is 13.0. The van der Waals surface area contributed by atoms with Gasteiger partial charge in [-0.1, -0.05) is 6.07 Å². The second-order valence-corrected chi connectivity index (χ2v) is 8.10. The number of nitrogens with zero attached hydrogens (tertiary/aromatic N) is 5. The minimum Gasteiger partial charge on any atom is -0.339 e. The number of hydrogen-bond donors (Lipinski definition) is 0. The number of benzene rings is 1. The van der Waals surface area contributed by atoms with Gasteiger partial charge in [-0.25, -0.2) is 0 Å². The number of carbonyl (C=O) groups is 2. The van der Waals surface area contributed by atoms with Crippen molar-refractivity contribution >= 4 is 23.1 Å². The normalized spacial score (nSPS) is 18.2. The van der Waals surface area contributed by atoms with Gasteiger partial charge in [-0.15, -0.1) is 10.2 Å². The van der Waals surface area contributed by atoms with Crippen LogP contribution in [0.15, 0.2) is 48.7 Å². The van der Waals surface area contributed by atoms with E-state index < -0.39 is 0 Å². The molecule has 154 valence electrons. The van der Waals surface area contributed by atoms with E-state index in [1.165, 1.54) is 0 Å². The first-order valence-electron chi connectivity index (χ1n) is 10.7. The zero-order valence-electron chi connectivity index (χ0n) is 16.9. The van der Waals surface area contributed by atoms with Crippen LogP contribution in [0.1, 0.15) is 54.2 Å². The van der Waals surface area contributed by atoms with E-state index in [1.54, 1.807) is 0 Å². The van der Waals surface area contributed by atoms with E-state index in [0.717, 1.165) is 49.4 Å². The Kier molecular flexibility index (Phi) is 4.94. The lowest BCUT2D eigenvalue weighted by molar-refractivity contribution is -0.119. The maximum Gasteiger partial charge on any atom is 0.253 e. The van der Waals surface area contributed by atoms with Crippen LogP contribution in [0.25, 0.3) is 5.65 Å². The summed E-state index contributed by atoms with van der Waals surface area (Å²) in [4.78, 5) is 28.8. The van der Waals surface area contributed by atoms with Crippen LogP contribution in [-0.4, -0.2) is 50.9 Å². The van der Waals surface area contributed by atoms with Gasteiger partial charge >= 0.3 is 0 Å². The zero-order chi connectivity index (χ0) is 20.5. The molecule has 2 saturated heterocycles. The molecule has 0 unspecified atom stereocenters. The van der Waals surface area contributed by atoms with Crippen LogP contribution in [0.4, 0.5) is 5.69 Å². The second kappa shape index (κ2) is 7.89. The summed E-state index contributed by atoms with van der Waals surface area (Å²) in [5.41, 5.74) is 2.42. The third kappa shape index (κ3) is 3.44. The molecule has 2 aliphatic rings. The van der Waals surface area contributed by atoms with E-state index in [4.69, 9.17) is 0 Å². The van der Waals surface area contributed by atoms with E-state index in [9.17, 15) is 9.59 Å². The number of aromatic nitrogens is 3. The zero-order valence-corrected chi connectivity index (χ0v) is 16.9. The van der Waals surface area contributed by atoms with E-state index in [-0.39, 0.29) is 11.8 Å². The Morgan fingerprint density at radius 1 is 0.933 bits per heavy atom. The summed E-state index contributed by atoms with van der Waals surface area (Å²) in [6.07, 6.45) is 6.35. The Bertz CT molecular complexity index is 1070. The van der Waals surface area contributed by atoms with Gasteiger partial charge in [0.25, 0.3) is 5.91 Å². The summed E-state index contributed by atoms with van der Waals surface area (Å²) in [6.45, 7) is 2.17. The third-order valence-electron chi connectivity index (χ3n) is 6.24. The topological polar surface area (TPSA) is 70.8 Å². The molecule has 0 bridgehead atoms. The van der Waals surface area contributed by atoms with Gasteiger partial charge in [-0.2, -0.15) is 0 Å². The van der Waals surface area contributed by atoms with Crippen LogP contribution < -0.4 is 4.90 Å². The molecule has 0 atom stereocenters. The van der Waals surface area contributed by atoms with Crippen molar-refractivity contribution in [1.29, 1.82) is 0 Å². The largest absolute Gasteiger partial charge is 0.339 e. The SMILES string of the molecule is O=C(c1ccc(N2CCCCC2=O)cc1)N1CCC(c2nnc3ccccn23)CC1. The van der Waals surface area contributed by atoms with Crippen LogP contribution in [-0.2, 0) is 4.79 Å². The number of fused-ring (bicyclic) bond motifs is 1. The quantitative estimate of drug-likeness (QED) is 0.673. The van der Waals surface area contributed by atoms with Crippen molar-refractivity contribution in [3.05, 3.63) is 60.0 Å². The summed E-state index contributed by atoms with van der Waals surface area (Å²) < 4.78 is 2.04. The molecule has 4 heterocycles. The van der Waals surface area contributed by atoms with Crippen molar-refractivity contribution in [3.63, 3.8) is 0 Å². The number of amides is 2. The monoisotopic (exact) mass is 403 g/mol. The Balaban J connectivity index is 1.24. The summed E-state index contributed by atoms with van der Waals surface area (Å²) in [5.74, 6) is 1.51. The number of piperidine rings is 2. The van der Waals surface area contributed by atoms with Crippen molar-refractivity contribution in [2.45, 2.75) is 38.0 Å². The van der Waals surface area contributed by atoms with Crippen LogP contribution in [0.3, 0.4) is 0 Å². The molecule has 0 spiro atoms. The summed E-state index contributed by atoms with van der Waals surface area (Å²) in [6, 6.07) is 13.4. The molecular weight excluding hydrogens is 378 g/mol. The summed E-state index contributed by atoms with van der Waals surface area (Å²) in [7, 11) is 0.